The van der Waals surface area contributed by atoms with Crippen molar-refractivity contribution in [3.63, 3.8) is 0 Å². The van der Waals surface area contributed by atoms with Gasteiger partial charge in [0.1, 0.15) is 0 Å². The number of aliphatic hydroxyl groups excluding tert-OH is 2. The molecule has 20 heavy (non-hydrogen) atoms. The summed E-state index contributed by atoms with van der Waals surface area (Å²) in [6.45, 7) is 2.91. The largest absolute Gasteiger partial charge is 0.416 e. The molecule has 6 heteroatoms. The number of hydrogen-bond acceptors (Lipinski definition) is 3. The quantitative estimate of drug-likeness (QED) is 0.755. The summed E-state index contributed by atoms with van der Waals surface area (Å²) >= 11 is 0. The number of aliphatic hydroxyl groups is 2. The molecule has 0 aliphatic carbocycles. The van der Waals surface area contributed by atoms with Gasteiger partial charge in [0.25, 0.3) is 0 Å². The molecular weight excluding hydrogens is 271 g/mol. The maximum absolute atomic E-state index is 12.7. The van der Waals surface area contributed by atoms with E-state index in [0.29, 0.717) is 12.0 Å². The summed E-state index contributed by atoms with van der Waals surface area (Å²) in [7, 11) is 0. The van der Waals surface area contributed by atoms with Gasteiger partial charge >= 0.3 is 6.18 Å². The first-order chi connectivity index (χ1) is 9.28. The molecule has 3 nitrogen and oxygen atoms in total. The molecule has 0 saturated heterocycles. The maximum Gasteiger partial charge on any atom is 0.416 e. The van der Waals surface area contributed by atoms with E-state index in [1.165, 1.54) is 6.07 Å². The van der Waals surface area contributed by atoms with Crippen LogP contribution in [0, 0.1) is 0 Å². The Morgan fingerprint density at radius 1 is 1.20 bits per heavy atom. The highest BCUT2D eigenvalue weighted by Crippen LogP contribution is 2.31. The molecule has 1 aromatic carbocycles. The van der Waals surface area contributed by atoms with Gasteiger partial charge < -0.3 is 15.5 Å². The smallest absolute Gasteiger partial charge is 0.394 e. The van der Waals surface area contributed by atoms with E-state index in [4.69, 9.17) is 0 Å². The molecule has 0 radical (unpaired) electrons. The Hall–Kier alpha value is -1.11. The standard InChI is InChI=1S/C14H20F3NO2/c1-3-13(8-19,9-20)18-10(2)11-5-4-6-12(7-11)14(15,16)17/h4-7,10,18-20H,3,8-9H2,1-2H3. The van der Waals surface area contributed by atoms with Crippen LogP contribution in [0.15, 0.2) is 24.3 Å². The zero-order valence-corrected chi connectivity index (χ0v) is 11.5. The molecule has 0 spiro atoms. The van der Waals surface area contributed by atoms with Crippen LogP contribution in [0.4, 0.5) is 13.2 Å². The van der Waals surface area contributed by atoms with Crippen molar-refractivity contribution in [2.45, 2.75) is 38.0 Å². The molecule has 0 saturated carbocycles. The van der Waals surface area contributed by atoms with Gasteiger partial charge in [0.2, 0.25) is 0 Å². The van der Waals surface area contributed by atoms with Crippen LogP contribution >= 0.6 is 0 Å². The van der Waals surface area contributed by atoms with Crippen molar-refractivity contribution in [2.24, 2.45) is 0 Å². The van der Waals surface area contributed by atoms with Gasteiger partial charge in [0.15, 0.2) is 0 Å². The first-order valence-corrected chi connectivity index (χ1v) is 6.44. The molecule has 0 aliphatic heterocycles. The topological polar surface area (TPSA) is 52.5 Å². The number of rotatable bonds is 6. The van der Waals surface area contributed by atoms with Crippen molar-refractivity contribution in [2.75, 3.05) is 13.2 Å². The highest BCUT2D eigenvalue weighted by Gasteiger charge is 2.32. The van der Waals surface area contributed by atoms with E-state index in [9.17, 15) is 23.4 Å². The fourth-order valence-corrected chi connectivity index (χ4v) is 1.99. The van der Waals surface area contributed by atoms with Crippen LogP contribution in [0.3, 0.4) is 0 Å². The minimum absolute atomic E-state index is 0.288. The average Bonchev–Trinajstić information content (AvgIpc) is 2.44. The lowest BCUT2D eigenvalue weighted by Crippen LogP contribution is -2.52. The Bertz CT molecular complexity index is 422. The molecule has 0 aromatic heterocycles. The summed E-state index contributed by atoms with van der Waals surface area (Å²) in [4.78, 5) is 0. The normalized spacial score (nSPS) is 14.3. The Morgan fingerprint density at radius 2 is 1.80 bits per heavy atom. The molecule has 0 bridgehead atoms. The third kappa shape index (κ3) is 3.94. The van der Waals surface area contributed by atoms with Crippen LogP contribution in [-0.2, 0) is 6.18 Å². The number of alkyl halides is 3. The molecule has 1 atom stereocenters. The highest BCUT2D eigenvalue weighted by molar-refractivity contribution is 5.28. The highest BCUT2D eigenvalue weighted by atomic mass is 19.4. The minimum atomic E-state index is -4.38. The van der Waals surface area contributed by atoms with E-state index in [1.54, 1.807) is 19.9 Å². The van der Waals surface area contributed by atoms with Gasteiger partial charge in [-0.15, -0.1) is 0 Å². The van der Waals surface area contributed by atoms with E-state index >= 15 is 0 Å². The van der Waals surface area contributed by atoms with Gasteiger partial charge in [-0.2, -0.15) is 13.2 Å². The first kappa shape index (κ1) is 16.9. The number of nitrogens with one attached hydrogen (secondary N) is 1. The predicted molar refractivity (Wildman–Crippen MR) is 70.2 cm³/mol. The Morgan fingerprint density at radius 3 is 2.25 bits per heavy atom. The molecule has 0 aliphatic rings. The zero-order valence-electron chi connectivity index (χ0n) is 11.5. The Balaban J connectivity index is 2.95. The zero-order chi connectivity index (χ0) is 15.4. The van der Waals surface area contributed by atoms with Crippen molar-refractivity contribution < 1.29 is 23.4 Å². The number of benzene rings is 1. The average molecular weight is 291 g/mol. The molecular formula is C14H20F3NO2. The molecule has 3 N–H and O–H groups in total. The lowest BCUT2D eigenvalue weighted by molar-refractivity contribution is -0.137. The number of hydrogen-bond donors (Lipinski definition) is 3. The van der Waals surface area contributed by atoms with Crippen molar-refractivity contribution in [3.05, 3.63) is 35.4 Å². The number of halogens is 3. The van der Waals surface area contributed by atoms with E-state index in [1.807, 2.05) is 0 Å². The second kappa shape index (κ2) is 6.56. The summed E-state index contributed by atoms with van der Waals surface area (Å²) in [5.41, 5.74) is -1.15. The molecule has 0 amide bonds. The maximum atomic E-state index is 12.7. The molecule has 1 unspecified atom stereocenters. The van der Waals surface area contributed by atoms with E-state index in [-0.39, 0.29) is 13.2 Å². The molecule has 0 heterocycles. The predicted octanol–water partition coefficient (Wildman–Crippen LogP) is 2.49. The summed E-state index contributed by atoms with van der Waals surface area (Å²) < 4.78 is 38.0. The lowest BCUT2D eigenvalue weighted by atomic mass is 9.95. The summed E-state index contributed by atoms with van der Waals surface area (Å²) in [6.07, 6.45) is -3.92. The van der Waals surface area contributed by atoms with Crippen LogP contribution in [-0.4, -0.2) is 29.0 Å². The van der Waals surface area contributed by atoms with Crippen LogP contribution in [0.2, 0.25) is 0 Å². The van der Waals surface area contributed by atoms with Crippen LogP contribution < -0.4 is 5.32 Å². The van der Waals surface area contributed by atoms with Crippen molar-refractivity contribution in [1.82, 2.24) is 5.32 Å². The van der Waals surface area contributed by atoms with Gasteiger partial charge in [0, 0.05) is 6.04 Å². The second-order valence-electron chi connectivity index (χ2n) is 4.94. The van der Waals surface area contributed by atoms with Crippen LogP contribution in [0.5, 0.6) is 0 Å². The van der Waals surface area contributed by atoms with Crippen molar-refractivity contribution >= 4 is 0 Å². The summed E-state index contributed by atoms with van der Waals surface area (Å²) in [6, 6.07) is 4.61. The third-order valence-electron chi connectivity index (χ3n) is 3.52. The third-order valence-corrected chi connectivity index (χ3v) is 3.52. The fraction of sp³-hybridized carbons (Fsp3) is 0.571. The summed E-state index contributed by atoms with van der Waals surface area (Å²) in [5.74, 6) is 0. The van der Waals surface area contributed by atoms with Crippen LogP contribution in [0.25, 0.3) is 0 Å². The van der Waals surface area contributed by atoms with Gasteiger partial charge in [-0.25, -0.2) is 0 Å². The monoisotopic (exact) mass is 291 g/mol. The minimum Gasteiger partial charge on any atom is -0.394 e. The van der Waals surface area contributed by atoms with Crippen LogP contribution in [0.1, 0.15) is 37.4 Å². The molecule has 1 rings (SSSR count). The molecule has 114 valence electrons. The van der Waals surface area contributed by atoms with E-state index < -0.39 is 23.3 Å². The Labute approximate surface area is 116 Å². The van der Waals surface area contributed by atoms with Crippen molar-refractivity contribution in [1.29, 1.82) is 0 Å². The van der Waals surface area contributed by atoms with Gasteiger partial charge in [-0.3, -0.25) is 0 Å². The molecule has 0 fully saturated rings. The lowest BCUT2D eigenvalue weighted by Gasteiger charge is -2.33. The Kier molecular flexibility index (Phi) is 5.56. The molecule has 1 aromatic rings. The van der Waals surface area contributed by atoms with E-state index in [2.05, 4.69) is 5.32 Å². The van der Waals surface area contributed by atoms with Gasteiger partial charge in [-0.1, -0.05) is 19.1 Å². The summed E-state index contributed by atoms with van der Waals surface area (Å²) in [5, 5.41) is 21.7. The van der Waals surface area contributed by atoms with Crippen molar-refractivity contribution in [3.8, 4) is 0 Å². The van der Waals surface area contributed by atoms with Gasteiger partial charge in [0.05, 0.1) is 24.3 Å². The fourth-order valence-electron chi connectivity index (χ4n) is 1.99. The first-order valence-electron chi connectivity index (χ1n) is 6.44. The van der Waals surface area contributed by atoms with Gasteiger partial charge in [-0.05, 0) is 31.0 Å². The SMILES string of the molecule is CCC(CO)(CO)NC(C)c1cccc(C(F)(F)F)c1. The second-order valence-corrected chi connectivity index (χ2v) is 4.94. The van der Waals surface area contributed by atoms with E-state index in [0.717, 1.165) is 12.1 Å².